The summed E-state index contributed by atoms with van der Waals surface area (Å²) in [6, 6.07) is 7.52. The Hall–Kier alpha value is -1.41. The number of hydrogen-bond acceptors (Lipinski definition) is 3. The summed E-state index contributed by atoms with van der Waals surface area (Å²) < 4.78 is 1.10. The SMILES string of the molecule is Cc1nc2ccc(NC(=O)c3csc(I)c3)cc2[nH]1. The predicted molar refractivity (Wildman–Crippen MR) is 85.8 cm³/mol. The molecule has 6 heteroatoms. The van der Waals surface area contributed by atoms with Crippen molar-refractivity contribution >= 4 is 56.6 Å². The molecule has 1 aromatic carbocycles. The van der Waals surface area contributed by atoms with Gasteiger partial charge in [0, 0.05) is 11.1 Å². The van der Waals surface area contributed by atoms with E-state index in [0.717, 1.165) is 25.4 Å². The maximum atomic E-state index is 12.0. The molecule has 96 valence electrons. The van der Waals surface area contributed by atoms with Gasteiger partial charge in [-0.2, -0.15) is 0 Å². The lowest BCUT2D eigenvalue weighted by atomic mass is 10.2. The first-order chi connectivity index (χ1) is 9.11. The zero-order valence-electron chi connectivity index (χ0n) is 10.0. The van der Waals surface area contributed by atoms with Gasteiger partial charge in [-0.25, -0.2) is 4.98 Å². The number of nitrogens with one attached hydrogen (secondary N) is 2. The van der Waals surface area contributed by atoms with E-state index in [9.17, 15) is 4.79 Å². The zero-order chi connectivity index (χ0) is 13.4. The second-order valence-corrected chi connectivity index (χ2v) is 6.95. The maximum Gasteiger partial charge on any atom is 0.256 e. The third-order valence-electron chi connectivity index (χ3n) is 2.69. The molecule has 0 aliphatic carbocycles. The number of fused-ring (bicyclic) bond motifs is 1. The number of aryl methyl sites for hydroxylation is 1. The van der Waals surface area contributed by atoms with Crippen LogP contribution in [0, 0.1) is 9.81 Å². The van der Waals surface area contributed by atoms with E-state index in [1.165, 1.54) is 0 Å². The van der Waals surface area contributed by atoms with E-state index in [1.54, 1.807) is 11.3 Å². The molecule has 0 radical (unpaired) electrons. The molecule has 4 nitrogen and oxygen atoms in total. The molecule has 2 N–H and O–H groups in total. The molecule has 19 heavy (non-hydrogen) atoms. The number of carbonyl (C=O) groups is 1. The maximum absolute atomic E-state index is 12.0. The van der Waals surface area contributed by atoms with Gasteiger partial charge in [0.1, 0.15) is 5.82 Å². The summed E-state index contributed by atoms with van der Waals surface area (Å²) in [6.45, 7) is 1.91. The highest BCUT2D eigenvalue weighted by atomic mass is 127. The minimum absolute atomic E-state index is 0.0882. The van der Waals surface area contributed by atoms with Crippen LogP contribution in [-0.4, -0.2) is 15.9 Å². The van der Waals surface area contributed by atoms with Gasteiger partial charge in [0.2, 0.25) is 0 Å². The summed E-state index contributed by atoms with van der Waals surface area (Å²) in [4.78, 5) is 19.5. The van der Waals surface area contributed by atoms with Gasteiger partial charge in [-0.15, -0.1) is 11.3 Å². The van der Waals surface area contributed by atoms with E-state index >= 15 is 0 Å². The van der Waals surface area contributed by atoms with Crippen LogP contribution in [0.3, 0.4) is 0 Å². The minimum Gasteiger partial charge on any atom is -0.342 e. The fourth-order valence-corrected chi connectivity index (χ4v) is 3.17. The normalized spacial score (nSPS) is 10.8. The summed E-state index contributed by atoms with van der Waals surface area (Å²) in [7, 11) is 0. The molecular formula is C13H10IN3OS. The van der Waals surface area contributed by atoms with Crippen LogP contribution >= 0.6 is 33.9 Å². The molecule has 1 amide bonds. The van der Waals surface area contributed by atoms with Crippen molar-refractivity contribution < 1.29 is 4.79 Å². The molecular weight excluding hydrogens is 373 g/mol. The predicted octanol–water partition coefficient (Wildman–Crippen LogP) is 3.79. The number of hydrogen-bond donors (Lipinski definition) is 2. The standard InChI is InChI=1S/C13H10IN3OS/c1-7-15-10-3-2-9(5-11(10)16-7)17-13(18)8-4-12(14)19-6-8/h2-6H,1H3,(H,15,16)(H,17,18). The van der Waals surface area contributed by atoms with E-state index in [4.69, 9.17) is 0 Å². The molecule has 0 unspecified atom stereocenters. The van der Waals surface area contributed by atoms with Crippen LogP contribution in [0.25, 0.3) is 11.0 Å². The molecule has 3 aromatic rings. The van der Waals surface area contributed by atoms with Gasteiger partial charge in [-0.3, -0.25) is 4.79 Å². The van der Waals surface area contributed by atoms with Crippen molar-refractivity contribution in [2.24, 2.45) is 0 Å². The van der Waals surface area contributed by atoms with Gasteiger partial charge in [0.05, 0.1) is 19.5 Å². The molecule has 0 spiro atoms. The lowest BCUT2D eigenvalue weighted by molar-refractivity contribution is 0.102. The first-order valence-corrected chi connectivity index (χ1v) is 7.59. The largest absolute Gasteiger partial charge is 0.342 e. The Bertz CT molecular complexity index is 762. The molecule has 0 atom stereocenters. The van der Waals surface area contributed by atoms with Crippen molar-refractivity contribution in [1.82, 2.24) is 9.97 Å². The van der Waals surface area contributed by atoms with Crippen LogP contribution in [0.15, 0.2) is 29.6 Å². The minimum atomic E-state index is -0.0882. The smallest absolute Gasteiger partial charge is 0.256 e. The first-order valence-electron chi connectivity index (χ1n) is 5.63. The van der Waals surface area contributed by atoms with Gasteiger partial charge >= 0.3 is 0 Å². The molecule has 0 saturated carbocycles. The number of aromatic amines is 1. The molecule has 2 heterocycles. The van der Waals surface area contributed by atoms with Crippen molar-refractivity contribution in [2.45, 2.75) is 6.92 Å². The first kappa shape index (κ1) is 12.6. The second kappa shape index (κ2) is 4.93. The number of amides is 1. The lowest BCUT2D eigenvalue weighted by Gasteiger charge is -2.03. The number of thiophene rings is 1. The van der Waals surface area contributed by atoms with Crippen LogP contribution in [0.2, 0.25) is 0 Å². The average molecular weight is 383 g/mol. The zero-order valence-corrected chi connectivity index (χ0v) is 13.0. The van der Waals surface area contributed by atoms with Gasteiger partial charge in [0.25, 0.3) is 5.91 Å². The highest BCUT2D eigenvalue weighted by Crippen LogP contribution is 2.20. The Morgan fingerprint density at radius 3 is 3.00 bits per heavy atom. The van der Waals surface area contributed by atoms with Crippen molar-refractivity contribution in [3.63, 3.8) is 0 Å². The summed E-state index contributed by atoms with van der Waals surface area (Å²) in [6.07, 6.45) is 0. The molecule has 0 saturated heterocycles. The van der Waals surface area contributed by atoms with Gasteiger partial charge < -0.3 is 10.3 Å². The molecule has 0 aliphatic heterocycles. The number of halogens is 1. The summed E-state index contributed by atoms with van der Waals surface area (Å²) in [5.41, 5.74) is 3.29. The Balaban J connectivity index is 1.86. The lowest BCUT2D eigenvalue weighted by Crippen LogP contribution is -2.10. The van der Waals surface area contributed by atoms with Crippen molar-refractivity contribution in [3.8, 4) is 0 Å². The highest BCUT2D eigenvalue weighted by Gasteiger charge is 2.09. The third-order valence-corrected chi connectivity index (χ3v) is 4.48. The number of H-pyrrole nitrogens is 1. The number of aromatic nitrogens is 2. The van der Waals surface area contributed by atoms with Crippen molar-refractivity contribution in [3.05, 3.63) is 43.9 Å². The molecule has 0 bridgehead atoms. The van der Waals surface area contributed by atoms with Crippen LogP contribution in [0.1, 0.15) is 16.2 Å². The van der Waals surface area contributed by atoms with Crippen LogP contribution in [0.5, 0.6) is 0 Å². The number of carbonyl (C=O) groups excluding carboxylic acids is 1. The van der Waals surface area contributed by atoms with E-state index in [1.807, 2.05) is 36.6 Å². The second-order valence-electron chi connectivity index (χ2n) is 4.15. The van der Waals surface area contributed by atoms with E-state index in [0.29, 0.717) is 5.56 Å². The monoisotopic (exact) mass is 383 g/mol. The summed E-state index contributed by atoms with van der Waals surface area (Å²) >= 11 is 3.76. The fourth-order valence-electron chi connectivity index (χ4n) is 1.85. The van der Waals surface area contributed by atoms with Crippen LogP contribution in [0.4, 0.5) is 5.69 Å². The van der Waals surface area contributed by atoms with Crippen LogP contribution < -0.4 is 5.32 Å². The molecule has 0 aliphatic rings. The Kier molecular flexibility index (Phi) is 3.28. The molecule has 2 aromatic heterocycles. The van der Waals surface area contributed by atoms with E-state index in [-0.39, 0.29) is 5.91 Å². The summed E-state index contributed by atoms with van der Waals surface area (Å²) in [5, 5.41) is 4.75. The Morgan fingerprint density at radius 2 is 2.26 bits per heavy atom. The van der Waals surface area contributed by atoms with Crippen molar-refractivity contribution in [2.75, 3.05) is 5.32 Å². The summed E-state index contributed by atoms with van der Waals surface area (Å²) in [5.74, 6) is 0.778. The Morgan fingerprint density at radius 1 is 1.42 bits per heavy atom. The van der Waals surface area contributed by atoms with Gasteiger partial charge in [0.15, 0.2) is 0 Å². The number of anilines is 1. The number of benzene rings is 1. The topological polar surface area (TPSA) is 57.8 Å². The van der Waals surface area contributed by atoms with Gasteiger partial charge in [-0.05, 0) is 53.8 Å². The quantitative estimate of drug-likeness (QED) is 0.662. The van der Waals surface area contributed by atoms with E-state index in [2.05, 4.69) is 37.9 Å². The average Bonchev–Trinajstić information content (AvgIpc) is 2.93. The number of nitrogens with zero attached hydrogens (tertiary/aromatic N) is 1. The molecule has 3 rings (SSSR count). The molecule has 0 fully saturated rings. The van der Waals surface area contributed by atoms with Crippen LogP contribution in [-0.2, 0) is 0 Å². The highest BCUT2D eigenvalue weighted by molar-refractivity contribution is 14.1. The Labute approximate surface area is 127 Å². The van der Waals surface area contributed by atoms with Gasteiger partial charge in [-0.1, -0.05) is 0 Å². The fraction of sp³-hybridized carbons (Fsp3) is 0.0769. The third kappa shape index (κ3) is 2.64. The number of imidazole rings is 1. The number of rotatable bonds is 2. The van der Waals surface area contributed by atoms with Crippen molar-refractivity contribution in [1.29, 1.82) is 0 Å². The van der Waals surface area contributed by atoms with E-state index < -0.39 is 0 Å².